The molecule has 2 rings (SSSR count). The lowest BCUT2D eigenvalue weighted by Gasteiger charge is -2.13. The first-order valence-corrected chi connectivity index (χ1v) is 7.29. The number of para-hydroxylation sites is 1. The molecular formula is C16H17Cl2NO. The second kappa shape index (κ2) is 7.53. The molecule has 4 heteroatoms. The molecule has 2 aromatic rings. The van der Waals surface area contributed by atoms with Crippen molar-refractivity contribution in [2.24, 2.45) is 0 Å². The molecule has 2 nitrogen and oxygen atoms in total. The van der Waals surface area contributed by atoms with Gasteiger partial charge in [0.2, 0.25) is 0 Å². The zero-order chi connectivity index (χ0) is 14.4. The van der Waals surface area contributed by atoms with Crippen LogP contribution in [0.1, 0.15) is 18.1 Å². The van der Waals surface area contributed by atoms with Crippen LogP contribution >= 0.6 is 23.2 Å². The van der Waals surface area contributed by atoms with Crippen molar-refractivity contribution in [1.29, 1.82) is 0 Å². The molecule has 0 fully saturated rings. The molecule has 0 unspecified atom stereocenters. The number of hydrogen-bond donors (Lipinski definition) is 1. The lowest BCUT2D eigenvalue weighted by Crippen LogP contribution is -2.04. The third-order valence-corrected chi connectivity index (χ3v) is 3.55. The van der Waals surface area contributed by atoms with Crippen molar-refractivity contribution >= 4 is 28.9 Å². The largest absolute Gasteiger partial charge is 0.381 e. The van der Waals surface area contributed by atoms with E-state index in [-0.39, 0.29) is 0 Å². The van der Waals surface area contributed by atoms with Crippen molar-refractivity contribution in [3.63, 3.8) is 0 Å². The van der Waals surface area contributed by atoms with Crippen molar-refractivity contribution < 1.29 is 4.74 Å². The van der Waals surface area contributed by atoms with Crippen LogP contribution in [0.5, 0.6) is 0 Å². The average molecular weight is 310 g/mol. The van der Waals surface area contributed by atoms with E-state index < -0.39 is 0 Å². The Kier molecular flexibility index (Phi) is 5.72. The van der Waals surface area contributed by atoms with E-state index in [2.05, 4.69) is 11.4 Å². The maximum atomic E-state index is 6.17. The highest BCUT2D eigenvalue weighted by atomic mass is 35.5. The van der Waals surface area contributed by atoms with E-state index in [1.165, 1.54) is 0 Å². The lowest BCUT2D eigenvalue weighted by atomic mass is 10.1. The van der Waals surface area contributed by atoms with Crippen LogP contribution in [0.4, 0.5) is 5.69 Å². The van der Waals surface area contributed by atoms with E-state index in [1.807, 2.05) is 37.3 Å². The summed E-state index contributed by atoms with van der Waals surface area (Å²) in [6.07, 6.45) is 0. The summed E-state index contributed by atoms with van der Waals surface area (Å²) in [5.74, 6) is 0. The normalized spacial score (nSPS) is 10.6. The molecule has 0 saturated carbocycles. The molecule has 1 N–H and O–H groups in total. The minimum atomic E-state index is 0.605. The Morgan fingerprint density at radius 2 is 1.85 bits per heavy atom. The Morgan fingerprint density at radius 3 is 2.60 bits per heavy atom. The zero-order valence-corrected chi connectivity index (χ0v) is 12.8. The Morgan fingerprint density at radius 1 is 1.05 bits per heavy atom. The zero-order valence-electron chi connectivity index (χ0n) is 11.3. The predicted molar refractivity (Wildman–Crippen MR) is 85.6 cm³/mol. The molecule has 0 heterocycles. The first-order valence-electron chi connectivity index (χ1n) is 6.54. The van der Waals surface area contributed by atoms with Crippen LogP contribution in [0, 0.1) is 0 Å². The van der Waals surface area contributed by atoms with E-state index in [9.17, 15) is 0 Å². The number of nitrogens with one attached hydrogen (secondary N) is 1. The van der Waals surface area contributed by atoms with Gasteiger partial charge in [0, 0.05) is 34.4 Å². The predicted octanol–water partition coefficient (Wildman–Crippen LogP) is 5.14. The summed E-state index contributed by atoms with van der Waals surface area (Å²) >= 11 is 12.1. The van der Waals surface area contributed by atoms with Gasteiger partial charge in [0.05, 0.1) is 6.61 Å². The van der Waals surface area contributed by atoms with E-state index in [0.717, 1.165) is 16.8 Å². The Bertz CT molecular complexity index is 572. The number of halogens is 2. The standard InChI is InChI=1S/C16H17Cl2NO/c1-2-20-11-13-5-3-4-6-16(13)19-10-12-7-8-14(17)9-15(12)18/h3-9,19H,2,10-11H2,1H3. The summed E-state index contributed by atoms with van der Waals surface area (Å²) in [7, 11) is 0. The molecule has 0 amide bonds. The van der Waals surface area contributed by atoms with Gasteiger partial charge in [-0.2, -0.15) is 0 Å². The second-order valence-electron chi connectivity index (χ2n) is 4.38. The van der Waals surface area contributed by atoms with E-state index in [0.29, 0.717) is 29.8 Å². The molecule has 0 aliphatic carbocycles. The fourth-order valence-corrected chi connectivity index (χ4v) is 2.36. The van der Waals surface area contributed by atoms with Gasteiger partial charge in [0.1, 0.15) is 0 Å². The Hall–Kier alpha value is -1.22. The maximum Gasteiger partial charge on any atom is 0.0736 e. The van der Waals surface area contributed by atoms with Crippen LogP contribution in [0.15, 0.2) is 42.5 Å². The van der Waals surface area contributed by atoms with Gasteiger partial charge in [-0.15, -0.1) is 0 Å². The Labute approximate surface area is 129 Å². The van der Waals surface area contributed by atoms with Gasteiger partial charge >= 0.3 is 0 Å². The summed E-state index contributed by atoms with van der Waals surface area (Å²) in [5.41, 5.74) is 3.22. The maximum absolute atomic E-state index is 6.17. The minimum Gasteiger partial charge on any atom is -0.381 e. The molecule has 106 valence electrons. The molecular weight excluding hydrogens is 293 g/mol. The molecule has 0 aromatic heterocycles. The van der Waals surface area contributed by atoms with Crippen LogP contribution in [0.2, 0.25) is 10.0 Å². The third kappa shape index (κ3) is 4.14. The molecule has 0 aliphatic heterocycles. The first-order chi connectivity index (χ1) is 9.70. The van der Waals surface area contributed by atoms with Gasteiger partial charge in [0.15, 0.2) is 0 Å². The van der Waals surface area contributed by atoms with Gasteiger partial charge < -0.3 is 10.1 Å². The number of rotatable bonds is 6. The molecule has 0 bridgehead atoms. The van der Waals surface area contributed by atoms with Crippen molar-refractivity contribution in [2.75, 3.05) is 11.9 Å². The van der Waals surface area contributed by atoms with Gasteiger partial charge in [-0.1, -0.05) is 47.5 Å². The number of anilines is 1. The van der Waals surface area contributed by atoms with E-state index in [4.69, 9.17) is 27.9 Å². The summed E-state index contributed by atoms with van der Waals surface area (Å²) in [6.45, 7) is 3.95. The van der Waals surface area contributed by atoms with Crippen LogP contribution < -0.4 is 5.32 Å². The number of ether oxygens (including phenoxy) is 1. The summed E-state index contributed by atoms with van der Waals surface area (Å²) in [4.78, 5) is 0. The summed E-state index contributed by atoms with van der Waals surface area (Å²) in [5, 5.41) is 4.71. The van der Waals surface area contributed by atoms with Crippen LogP contribution in [0.3, 0.4) is 0 Å². The number of benzene rings is 2. The molecule has 0 spiro atoms. The fourth-order valence-electron chi connectivity index (χ4n) is 1.89. The highest BCUT2D eigenvalue weighted by molar-refractivity contribution is 6.35. The SMILES string of the molecule is CCOCc1ccccc1NCc1ccc(Cl)cc1Cl. The van der Waals surface area contributed by atoms with E-state index in [1.54, 1.807) is 6.07 Å². The monoisotopic (exact) mass is 309 g/mol. The third-order valence-electron chi connectivity index (χ3n) is 2.96. The first kappa shape index (κ1) is 15.2. The van der Waals surface area contributed by atoms with Crippen molar-refractivity contribution in [3.05, 3.63) is 63.6 Å². The lowest BCUT2D eigenvalue weighted by molar-refractivity contribution is 0.134. The average Bonchev–Trinajstić information content (AvgIpc) is 2.45. The topological polar surface area (TPSA) is 21.3 Å². The second-order valence-corrected chi connectivity index (χ2v) is 5.23. The number of hydrogen-bond acceptors (Lipinski definition) is 2. The molecule has 0 aliphatic rings. The van der Waals surface area contributed by atoms with Crippen molar-refractivity contribution in [1.82, 2.24) is 0 Å². The fraction of sp³-hybridized carbons (Fsp3) is 0.250. The van der Waals surface area contributed by atoms with Gasteiger partial charge in [-0.3, -0.25) is 0 Å². The van der Waals surface area contributed by atoms with E-state index >= 15 is 0 Å². The highest BCUT2D eigenvalue weighted by Gasteiger charge is 2.04. The van der Waals surface area contributed by atoms with Crippen LogP contribution in [0.25, 0.3) is 0 Å². The van der Waals surface area contributed by atoms with Gasteiger partial charge in [0.25, 0.3) is 0 Å². The summed E-state index contributed by atoms with van der Waals surface area (Å²) < 4.78 is 5.47. The Balaban J connectivity index is 2.06. The molecule has 0 radical (unpaired) electrons. The molecule has 2 aromatic carbocycles. The molecule has 20 heavy (non-hydrogen) atoms. The van der Waals surface area contributed by atoms with Gasteiger partial charge in [-0.25, -0.2) is 0 Å². The van der Waals surface area contributed by atoms with Crippen LogP contribution in [-0.2, 0) is 17.9 Å². The minimum absolute atomic E-state index is 0.605. The molecule has 0 saturated heterocycles. The van der Waals surface area contributed by atoms with Gasteiger partial charge in [-0.05, 0) is 30.7 Å². The highest BCUT2D eigenvalue weighted by Crippen LogP contribution is 2.23. The van der Waals surface area contributed by atoms with Crippen molar-refractivity contribution in [3.8, 4) is 0 Å². The summed E-state index contributed by atoms with van der Waals surface area (Å²) in [6, 6.07) is 13.6. The van der Waals surface area contributed by atoms with Crippen molar-refractivity contribution in [2.45, 2.75) is 20.1 Å². The smallest absolute Gasteiger partial charge is 0.0736 e. The van der Waals surface area contributed by atoms with Crippen LogP contribution in [-0.4, -0.2) is 6.61 Å². The molecule has 0 atom stereocenters. The quantitative estimate of drug-likeness (QED) is 0.797.